The van der Waals surface area contributed by atoms with Crippen LogP contribution in [0.15, 0.2) is 24.5 Å². The minimum atomic E-state index is 0.0971. The Labute approximate surface area is 124 Å². The number of nitrogens with zero attached hydrogens (tertiary/aromatic N) is 3. The van der Waals surface area contributed by atoms with Crippen molar-refractivity contribution in [2.75, 3.05) is 13.1 Å². The van der Waals surface area contributed by atoms with E-state index in [1.54, 1.807) is 6.20 Å². The summed E-state index contributed by atoms with van der Waals surface area (Å²) in [5.74, 6) is 1.39. The van der Waals surface area contributed by atoms with Gasteiger partial charge in [0.2, 0.25) is 0 Å². The summed E-state index contributed by atoms with van der Waals surface area (Å²) in [5, 5.41) is 0. The number of rotatable bonds is 2. The van der Waals surface area contributed by atoms with Gasteiger partial charge in [0.15, 0.2) is 0 Å². The molecule has 0 saturated carbocycles. The number of aromatic nitrogens is 3. The zero-order chi connectivity index (χ0) is 14.8. The van der Waals surface area contributed by atoms with Crippen molar-refractivity contribution in [3.63, 3.8) is 0 Å². The van der Waals surface area contributed by atoms with Gasteiger partial charge in [-0.25, -0.2) is 4.98 Å². The average molecular weight is 284 g/mol. The quantitative estimate of drug-likeness (QED) is 0.921. The van der Waals surface area contributed by atoms with Gasteiger partial charge < -0.3 is 9.88 Å². The van der Waals surface area contributed by atoms with E-state index in [-0.39, 0.29) is 5.91 Å². The molecule has 2 aromatic rings. The van der Waals surface area contributed by atoms with Crippen LogP contribution in [0.2, 0.25) is 0 Å². The molecule has 3 rings (SSSR count). The SMILES string of the molecule is Cc1cc(C(=O)N2CCCC(c3ncc[nH]3)C2)cc(C)n1. The molecule has 3 heterocycles. The third-order valence-corrected chi connectivity index (χ3v) is 3.94. The zero-order valence-electron chi connectivity index (χ0n) is 12.5. The van der Waals surface area contributed by atoms with Gasteiger partial charge in [0, 0.05) is 48.4 Å². The standard InChI is InChI=1S/C16H20N4O/c1-11-8-14(9-12(2)19-11)16(21)20-7-3-4-13(10-20)15-17-5-6-18-15/h5-6,8-9,13H,3-4,7,10H2,1-2H3,(H,17,18). The molecule has 1 aliphatic rings. The van der Waals surface area contributed by atoms with Crippen LogP contribution in [-0.2, 0) is 0 Å². The van der Waals surface area contributed by atoms with E-state index in [4.69, 9.17) is 0 Å². The number of aryl methyl sites for hydroxylation is 2. The number of imidazole rings is 1. The van der Waals surface area contributed by atoms with Crippen LogP contribution >= 0.6 is 0 Å². The maximum atomic E-state index is 12.7. The number of likely N-dealkylation sites (tertiary alicyclic amines) is 1. The summed E-state index contributed by atoms with van der Waals surface area (Å²) in [6, 6.07) is 3.73. The number of carbonyl (C=O) groups excluding carboxylic acids is 1. The molecule has 0 bridgehead atoms. The Bertz CT molecular complexity index is 615. The number of pyridine rings is 1. The van der Waals surface area contributed by atoms with Gasteiger partial charge in [-0.1, -0.05) is 0 Å². The molecular weight excluding hydrogens is 264 g/mol. The van der Waals surface area contributed by atoms with E-state index in [0.29, 0.717) is 5.92 Å². The van der Waals surface area contributed by atoms with Crippen LogP contribution < -0.4 is 0 Å². The minimum absolute atomic E-state index is 0.0971. The molecule has 0 spiro atoms. The van der Waals surface area contributed by atoms with Crippen molar-refractivity contribution in [2.24, 2.45) is 0 Å². The van der Waals surface area contributed by atoms with Crippen LogP contribution in [0.25, 0.3) is 0 Å². The van der Waals surface area contributed by atoms with Gasteiger partial charge in [0.1, 0.15) is 5.82 Å². The van der Waals surface area contributed by atoms with Gasteiger partial charge in [-0.2, -0.15) is 0 Å². The first-order valence-electron chi connectivity index (χ1n) is 7.37. The van der Waals surface area contributed by atoms with Crippen molar-refractivity contribution in [3.05, 3.63) is 47.3 Å². The first-order valence-corrected chi connectivity index (χ1v) is 7.37. The van der Waals surface area contributed by atoms with Gasteiger partial charge in [0.25, 0.3) is 5.91 Å². The van der Waals surface area contributed by atoms with Crippen LogP contribution in [0.5, 0.6) is 0 Å². The lowest BCUT2D eigenvalue weighted by Crippen LogP contribution is -2.39. The Morgan fingerprint density at radius 1 is 1.33 bits per heavy atom. The molecule has 1 fully saturated rings. The molecule has 1 unspecified atom stereocenters. The maximum Gasteiger partial charge on any atom is 0.254 e. The molecule has 2 aromatic heterocycles. The lowest BCUT2D eigenvalue weighted by molar-refractivity contribution is 0.0704. The molecule has 1 saturated heterocycles. The molecule has 0 radical (unpaired) electrons. The predicted molar refractivity (Wildman–Crippen MR) is 80.2 cm³/mol. The van der Waals surface area contributed by atoms with E-state index in [0.717, 1.165) is 48.7 Å². The Morgan fingerprint density at radius 2 is 2.10 bits per heavy atom. The number of H-pyrrole nitrogens is 1. The third-order valence-electron chi connectivity index (χ3n) is 3.94. The molecular formula is C16H20N4O. The largest absolute Gasteiger partial charge is 0.348 e. The fraction of sp³-hybridized carbons (Fsp3) is 0.438. The first kappa shape index (κ1) is 13.8. The number of hydrogen-bond donors (Lipinski definition) is 1. The van der Waals surface area contributed by atoms with E-state index in [2.05, 4.69) is 15.0 Å². The van der Waals surface area contributed by atoms with Gasteiger partial charge in [-0.05, 0) is 38.8 Å². The highest BCUT2D eigenvalue weighted by molar-refractivity contribution is 5.94. The van der Waals surface area contributed by atoms with Crippen molar-refractivity contribution < 1.29 is 4.79 Å². The van der Waals surface area contributed by atoms with Crippen molar-refractivity contribution in [1.29, 1.82) is 0 Å². The first-order chi connectivity index (χ1) is 10.1. The van der Waals surface area contributed by atoms with E-state index >= 15 is 0 Å². The third kappa shape index (κ3) is 2.96. The topological polar surface area (TPSA) is 61.9 Å². The molecule has 1 N–H and O–H groups in total. The van der Waals surface area contributed by atoms with Crippen molar-refractivity contribution >= 4 is 5.91 Å². The van der Waals surface area contributed by atoms with E-state index in [1.807, 2.05) is 37.1 Å². The van der Waals surface area contributed by atoms with Crippen LogP contribution in [-0.4, -0.2) is 38.8 Å². The molecule has 1 atom stereocenters. The van der Waals surface area contributed by atoms with Crippen LogP contribution in [0.3, 0.4) is 0 Å². The number of nitrogens with one attached hydrogen (secondary N) is 1. The van der Waals surface area contributed by atoms with Gasteiger partial charge in [-0.3, -0.25) is 9.78 Å². The normalized spacial score (nSPS) is 18.8. The summed E-state index contributed by atoms with van der Waals surface area (Å²) in [6.45, 7) is 5.39. The maximum absolute atomic E-state index is 12.7. The number of carbonyl (C=O) groups is 1. The summed E-state index contributed by atoms with van der Waals surface area (Å²) in [7, 11) is 0. The summed E-state index contributed by atoms with van der Waals surface area (Å²) < 4.78 is 0. The summed E-state index contributed by atoms with van der Waals surface area (Å²) in [5.41, 5.74) is 2.51. The van der Waals surface area contributed by atoms with Gasteiger partial charge in [0.05, 0.1) is 0 Å². The smallest absolute Gasteiger partial charge is 0.254 e. The van der Waals surface area contributed by atoms with E-state index in [1.165, 1.54) is 0 Å². The molecule has 0 aromatic carbocycles. The van der Waals surface area contributed by atoms with Gasteiger partial charge >= 0.3 is 0 Å². The number of aromatic amines is 1. The fourth-order valence-corrected chi connectivity index (χ4v) is 3.03. The zero-order valence-corrected chi connectivity index (χ0v) is 12.5. The fourth-order valence-electron chi connectivity index (χ4n) is 3.03. The van der Waals surface area contributed by atoms with Crippen LogP contribution in [0, 0.1) is 13.8 Å². The second-order valence-corrected chi connectivity index (χ2v) is 5.70. The highest BCUT2D eigenvalue weighted by Gasteiger charge is 2.26. The second kappa shape index (κ2) is 5.68. The van der Waals surface area contributed by atoms with Gasteiger partial charge in [-0.15, -0.1) is 0 Å². The van der Waals surface area contributed by atoms with E-state index < -0.39 is 0 Å². The highest BCUT2D eigenvalue weighted by Crippen LogP contribution is 2.25. The summed E-state index contributed by atoms with van der Waals surface area (Å²) >= 11 is 0. The second-order valence-electron chi connectivity index (χ2n) is 5.70. The van der Waals surface area contributed by atoms with Crippen molar-refractivity contribution in [3.8, 4) is 0 Å². The van der Waals surface area contributed by atoms with Crippen LogP contribution in [0.1, 0.15) is 46.3 Å². The Hall–Kier alpha value is -2.17. The highest BCUT2D eigenvalue weighted by atomic mass is 16.2. The number of amides is 1. The number of piperidine rings is 1. The average Bonchev–Trinajstić information content (AvgIpc) is 3.00. The molecule has 110 valence electrons. The van der Waals surface area contributed by atoms with Crippen molar-refractivity contribution in [2.45, 2.75) is 32.6 Å². The van der Waals surface area contributed by atoms with Crippen LogP contribution in [0.4, 0.5) is 0 Å². The number of hydrogen-bond acceptors (Lipinski definition) is 3. The molecule has 1 aliphatic heterocycles. The Morgan fingerprint density at radius 3 is 2.76 bits per heavy atom. The molecule has 5 nitrogen and oxygen atoms in total. The Kier molecular flexibility index (Phi) is 3.73. The van der Waals surface area contributed by atoms with Crippen molar-refractivity contribution in [1.82, 2.24) is 19.9 Å². The minimum Gasteiger partial charge on any atom is -0.348 e. The molecule has 21 heavy (non-hydrogen) atoms. The lowest BCUT2D eigenvalue weighted by atomic mass is 9.96. The summed E-state index contributed by atoms with van der Waals surface area (Å²) in [4.78, 5) is 26.5. The molecule has 1 amide bonds. The predicted octanol–water partition coefficient (Wildman–Crippen LogP) is 2.44. The molecule has 5 heteroatoms. The Balaban J connectivity index is 1.78. The summed E-state index contributed by atoms with van der Waals surface area (Å²) in [6.07, 6.45) is 5.70. The molecule has 0 aliphatic carbocycles. The van der Waals surface area contributed by atoms with E-state index in [9.17, 15) is 4.79 Å². The lowest BCUT2D eigenvalue weighted by Gasteiger charge is -2.32. The monoisotopic (exact) mass is 284 g/mol.